The standard InChI is InChI=1S/C26H27Cl2N3O6S/c1-3-30-16-24(26(29-30)36-4-2)38(34,35)31-15-18(10-13-25(32)33)37-23-12-9-17(14-22(23)31)8-11-19-20(27)6-5-7-21(19)28/h5-9,11-12,14,16,18H,3-4,10,13,15H2,1-2H3,(H,32,33). The first-order valence-corrected chi connectivity index (χ1v) is 14.2. The number of aryl methyl sites for hydroxylation is 1. The molecule has 0 amide bonds. The predicted octanol–water partition coefficient (Wildman–Crippen LogP) is 5.60. The van der Waals surface area contributed by atoms with E-state index >= 15 is 0 Å². The summed E-state index contributed by atoms with van der Waals surface area (Å²) in [5, 5.41) is 14.4. The molecule has 1 unspecified atom stereocenters. The molecule has 12 heteroatoms. The molecule has 0 saturated carbocycles. The molecule has 38 heavy (non-hydrogen) atoms. The fourth-order valence-corrected chi connectivity index (χ4v) is 6.12. The van der Waals surface area contributed by atoms with E-state index in [1.54, 1.807) is 55.5 Å². The van der Waals surface area contributed by atoms with Crippen molar-refractivity contribution in [3.05, 3.63) is 63.8 Å². The number of nitrogens with zero attached hydrogens (tertiary/aromatic N) is 3. The Balaban J connectivity index is 1.77. The molecule has 9 nitrogen and oxygen atoms in total. The van der Waals surface area contributed by atoms with Crippen molar-refractivity contribution in [3.63, 3.8) is 0 Å². The number of anilines is 1. The summed E-state index contributed by atoms with van der Waals surface area (Å²) in [7, 11) is -4.16. The summed E-state index contributed by atoms with van der Waals surface area (Å²) in [6.07, 6.45) is 4.28. The van der Waals surface area contributed by atoms with Gasteiger partial charge in [0.05, 0.1) is 18.8 Å². The highest BCUT2D eigenvalue weighted by molar-refractivity contribution is 7.93. The highest BCUT2D eigenvalue weighted by Crippen LogP contribution is 2.40. The topological polar surface area (TPSA) is 111 Å². The quantitative estimate of drug-likeness (QED) is 0.311. The first-order valence-electron chi connectivity index (χ1n) is 12.0. The molecule has 3 aromatic rings. The first-order chi connectivity index (χ1) is 18.1. The summed E-state index contributed by atoms with van der Waals surface area (Å²) < 4.78 is 42.3. The van der Waals surface area contributed by atoms with Gasteiger partial charge in [-0.3, -0.25) is 13.8 Å². The van der Waals surface area contributed by atoms with E-state index in [0.29, 0.717) is 39.2 Å². The second kappa shape index (κ2) is 11.7. The number of halogens is 2. The van der Waals surface area contributed by atoms with Crippen molar-refractivity contribution >= 4 is 57.0 Å². The number of ether oxygens (including phenoxy) is 2. The van der Waals surface area contributed by atoms with Gasteiger partial charge in [0, 0.05) is 34.8 Å². The maximum absolute atomic E-state index is 14.0. The highest BCUT2D eigenvalue weighted by atomic mass is 35.5. The van der Waals surface area contributed by atoms with Crippen molar-refractivity contribution in [1.29, 1.82) is 0 Å². The van der Waals surface area contributed by atoms with Crippen molar-refractivity contribution < 1.29 is 27.8 Å². The number of carboxylic acid groups (broad SMARTS) is 1. The third kappa shape index (κ3) is 5.92. The van der Waals surface area contributed by atoms with Crippen LogP contribution in [0.2, 0.25) is 10.0 Å². The summed E-state index contributed by atoms with van der Waals surface area (Å²) >= 11 is 12.6. The molecule has 0 aliphatic carbocycles. The Morgan fingerprint density at radius 1 is 1.21 bits per heavy atom. The van der Waals surface area contributed by atoms with E-state index in [2.05, 4.69) is 5.10 Å². The lowest BCUT2D eigenvalue weighted by molar-refractivity contribution is -0.137. The molecule has 4 rings (SSSR count). The molecule has 0 radical (unpaired) electrons. The van der Waals surface area contributed by atoms with E-state index in [-0.39, 0.29) is 36.8 Å². The van der Waals surface area contributed by atoms with Crippen LogP contribution >= 0.6 is 23.2 Å². The van der Waals surface area contributed by atoms with Gasteiger partial charge in [0.15, 0.2) is 4.90 Å². The summed E-state index contributed by atoms with van der Waals surface area (Å²) in [4.78, 5) is 11.1. The van der Waals surface area contributed by atoms with Crippen LogP contribution in [0.5, 0.6) is 11.6 Å². The molecular formula is C26H27Cl2N3O6S. The predicted molar refractivity (Wildman–Crippen MR) is 147 cm³/mol. The Bertz CT molecular complexity index is 1450. The van der Waals surface area contributed by atoms with E-state index in [1.807, 2.05) is 6.92 Å². The van der Waals surface area contributed by atoms with E-state index in [4.69, 9.17) is 37.8 Å². The average molecular weight is 580 g/mol. The van der Waals surface area contributed by atoms with Gasteiger partial charge in [-0.25, -0.2) is 8.42 Å². The number of hydrogen-bond acceptors (Lipinski definition) is 6. The largest absolute Gasteiger partial charge is 0.486 e. The Hall–Kier alpha value is -3.21. The Labute approximate surface area is 231 Å². The summed E-state index contributed by atoms with van der Waals surface area (Å²) in [6.45, 7) is 4.21. The minimum atomic E-state index is -4.16. The average Bonchev–Trinajstić information content (AvgIpc) is 3.31. The van der Waals surface area contributed by atoms with Gasteiger partial charge in [-0.1, -0.05) is 47.5 Å². The van der Waals surface area contributed by atoms with E-state index < -0.39 is 22.1 Å². The summed E-state index contributed by atoms with van der Waals surface area (Å²) in [5.41, 5.74) is 1.63. The molecule has 1 aliphatic rings. The lowest BCUT2D eigenvalue weighted by Crippen LogP contribution is -2.43. The number of benzene rings is 2. The number of hydrogen-bond donors (Lipinski definition) is 1. The molecule has 202 valence electrons. The van der Waals surface area contributed by atoms with Crippen LogP contribution in [0.4, 0.5) is 5.69 Å². The Morgan fingerprint density at radius 2 is 1.95 bits per heavy atom. The van der Waals surface area contributed by atoms with Crippen LogP contribution < -0.4 is 13.8 Å². The van der Waals surface area contributed by atoms with Crippen LogP contribution in [0.15, 0.2) is 47.5 Å². The minimum Gasteiger partial charge on any atom is -0.486 e. The SMILES string of the molecule is CCOc1nn(CC)cc1S(=O)(=O)N1CC(CCC(=O)O)Oc2ccc(C=Cc3c(Cl)cccc3Cl)cc21. The first kappa shape index (κ1) is 27.8. The van der Waals surface area contributed by atoms with Gasteiger partial charge in [0.1, 0.15) is 11.9 Å². The second-order valence-electron chi connectivity index (χ2n) is 8.49. The lowest BCUT2D eigenvalue weighted by Gasteiger charge is -2.35. The van der Waals surface area contributed by atoms with Gasteiger partial charge < -0.3 is 14.6 Å². The molecule has 2 heterocycles. The van der Waals surface area contributed by atoms with Crippen molar-refractivity contribution in [2.45, 2.75) is 44.2 Å². The lowest BCUT2D eigenvalue weighted by atomic mass is 10.1. The van der Waals surface area contributed by atoms with Crippen molar-refractivity contribution in [1.82, 2.24) is 9.78 Å². The molecule has 0 fully saturated rings. The van der Waals surface area contributed by atoms with E-state index in [0.717, 1.165) is 0 Å². The minimum absolute atomic E-state index is 0.00823. The van der Waals surface area contributed by atoms with Crippen LogP contribution in [-0.4, -0.2) is 48.5 Å². The zero-order valence-corrected chi connectivity index (χ0v) is 23.1. The van der Waals surface area contributed by atoms with Crippen LogP contribution in [0.1, 0.15) is 37.8 Å². The second-order valence-corrected chi connectivity index (χ2v) is 11.1. The van der Waals surface area contributed by atoms with Crippen LogP contribution in [0, 0.1) is 0 Å². The molecule has 1 N–H and O–H groups in total. The molecule has 0 saturated heterocycles. The van der Waals surface area contributed by atoms with Crippen molar-refractivity contribution in [2.75, 3.05) is 17.5 Å². The van der Waals surface area contributed by atoms with Gasteiger partial charge in [-0.05, 0) is 50.1 Å². The van der Waals surface area contributed by atoms with E-state index in [9.17, 15) is 13.2 Å². The molecule has 1 aromatic heterocycles. The maximum atomic E-state index is 14.0. The van der Waals surface area contributed by atoms with Crippen LogP contribution in [-0.2, 0) is 21.4 Å². The molecule has 0 spiro atoms. The van der Waals surface area contributed by atoms with Gasteiger partial charge in [0.2, 0.25) is 0 Å². The smallest absolute Gasteiger partial charge is 0.303 e. The zero-order chi connectivity index (χ0) is 27.4. The number of fused-ring (bicyclic) bond motifs is 1. The van der Waals surface area contributed by atoms with Gasteiger partial charge in [0.25, 0.3) is 15.9 Å². The maximum Gasteiger partial charge on any atom is 0.303 e. The van der Waals surface area contributed by atoms with Crippen LogP contribution in [0.25, 0.3) is 12.2 Å². The Morgan fingerprint density at radius 3 is 2.61 bits per heavy atom. The van der Waals surface area contributed by atoms with Gasteiger partial charge in [-0.15, -0.1) is 5.10 Å². The number of sulfonamides is 1. The molecule has 1 atom stereocenters. The van der Waals surface area contributed by atoms with Crippen molar-refractivity contribution in [2.24, 2.45) is 0 Å². The zero-order valence-electron chi connectivity index (χ0n) is 20.8. The summed E-state index contributed by atoms with van der Waals surface area (Å²) in [5.74, 6) is -0.659. The summed E-state index contributed by atoms with van der Waals surface area (Å²) in [6, 6.07) is 10.3. The third-order valence-corrected chi connectivity index (χ3v) is 8.33. The highest BCUT2D eigenvalue weighted by Gasteiger charge is 2.37. The Kier molecular flexibility index (Phi) is 8.54. The van der Waals surface area contributed by atoms with Crippen molar-refractivity contribution in [3.8, 4) is 11.6 Å². The number of carboxylic acids is 1. The van der Waals surface area contributed by atoms with Gasteiger partial charge in [-0.2, -0.15) is 0 Å². The fourth-order valence-electron chi connectivity index (χ4n) is 4.02. The molecule has 0 bridgehead atoms. The molecule has 1 aliphatic heterocycles. The monoisotopic (exact) mass is 579 g/mol. The normalized spacial score (nSPS) is 15.4. The van der Waals surface area contributed by atoms with E-state index in [1.165, 1.54) is 15.2 Å². The number of carbonyl (C=O) groups is 1. The van der Waals surface area contributed by atoms with Gasteiger partial charge >= 0.3 is 5.97 Å². The number of rotatable bonds is 10. The van der Waals surface area contributed by atoms with Crippen LogP contribution in [0.3, 0.4) is 0 Å². The fraction of sp³-hybridized carbons (Fsp3) is 0.308. The molecular weight excluding hydrogens is 553 g/mol. The third-order valence-electron chi connectivity index (χ3n) is 5.91. The number of aliphatic carboxylic acids is 1. The number of aromatic nitrogens is 2. The molecule has 2 aromatic carbocycles.